The van der Waals surface area contributed by atoms with Gasteiger partial charge in [-0.2, -0.15) is 0 Å². The summed E-state index contributed by atoms with van der Waals surface area (Å²) >= 11 is 0. The Labute approximate surface area is 68.4 Å². The van der Waals surface area contributed by atoms with E-state index in [-0.39, 0.29) is 0 Å². The molecule has 11 heavy (non-hydrogen) atoms. The Bertz CT molecular complexity index is 137. The van der Waals surface area contributed by atoms with Crippen LogP contribution in [-0.4, -0.2) is 31.5 Å². The molecule has 4 heteroatoms. The van der Waals surface area contributed by atoms with E-state index in [1.54, 1.807) is 0 Å². The average molecular weight is 176 g/mol. The van der Waals surface area contributed by atoms with Gasteiger partial charge in [-0.15, -0.1) is 0 Å². The molecular formula is C7H16O3Si. The summed E-state index contributed by atoms with van der Waals surface area (Å²) in [7, 11) is -1.32. The van der Waals surface area contributed by atoms with Gasteiger partial charge in [-0.05, 0) is 6.92 Å². The molecule has 0 unspecified atom stereocenters. The van der Waals surface area contributed by atoms with Crippen LogP contribution in [0.4, 0.5) is 0 Å². The van der Waals surface area contributed by atoms with Crippen molar-refractivity contribution >= 4 is 14.0 Å². The quantitative estimate of drug-likeness (QED) is 0.511. The van der Waals surface area contributed by atoms with Gasteiger partial charge >= 0.3 is 5.97 Å². The van der Waals surface area contributed by atoms with E-state index >= 15 is 0 Å². The minimum atomic E-state index is -1.32. The number of rotatable bonds is 3. The van der Waals surface area contributed by atoms with Gasteiger partial charge in [0.1, 0.15) is 6.10 Å². The highest BCUT2D eigenvalue weighted by atomic mass is 28.3. The summed E-state index contributed by atoms with van der Waals surface area (Å²) in [5.41, 5.74) is 0. The monoisotopic (exact) mass is 176 g/mol. The van der Waals surface area contributed by atoms with Gasteiger partial charge in [-0.1, -0.05) is 19.6 Å². The van der Waals surface area contributed by atoms with E-state index < -0.39 is 20.1 Å². The van der Waals surface area contributed by atoms with Crippen LogP contribution in [0.15, 0.2) is 0 Å². The van der Waals surface area contributed by atoms with Gasteiger partial charge < -0.3 is 9.84 Å². The standard InChI is InChI=1S/C7H16O3Si/c1-6(8)7(9)10-5-11(2,3)4/h6,8H,5H2,1-4H3/t6-/m0/s1. The third kappa shape index (κ3) is 6.06. The first-order valence-corrected chi connectivity index (χ1v) is 7.38. The van der Waals surface area contributed by atoms with Crippen LogP contribution in [0.3, 0.4) is 0 Å². The molecule has 0 bridgehead atoms. The minimum absolute atomic E-state index is 0.483. The second-order valence-corrected chi connectivity index (χ2v) is 9.25. The summed E-state index contributed by atoms with van der Waals surface area (Å²) in [5, 5.41) is 8.76. The smallest absolute Gasteiger partial charge is 0.334 e. The number of esters is 1. The van der Waals surface area contributed by atoms with Crippen molar-refractivity contribution in [3.05, 3.63) is 0 Å². The summed E-state index contributed by atoms with van der Waals surface area (Å²) < 4.78 is 4.84. The Kier molecular flexibility index (Phi) is 3.75. The van der Waals surface area contributed by atoms with E-state index in [2.05, 4.69) is 19.6 Å². The van der Waals surface area contributed by atoms with Crippen molar-refractivity contribution in [1.29, 1.82) is 0 Å². The van der Waals surface area contributed by atoms with Crippen molar-refractivity contribution in [3.8, 4) is 0 Å². The predicted molar refractivity (Wildman–Crippen MR) is 46.0 cm³/mol. The minimum Gasteiger partial charge on any atom is -0.468 e. The van der Waals surface area contributed by atoms with Crippen molar-refractivity contribution in [3.63, 3.8) is 0 Å². The third-order valence-electron chi connectivity index (χ3n) is 0.989. The summed E-state index contributed by atoms with van der Waals surface area (Å²) in [5.74, 6) is -0.521. The van der Waals surface area contributed by atoms with E-state index in [1.807, 2.05) is 0 Å². The molecule has 0 aromatic carbocycles. The molecule has 0 amide bonds. The normalized spacial score (nSPS) is 14.3. The molecule has 0 saturated heterocycles. The van der Waals surface area contributed by atoms with Gasteiger partial charge in [0, 0.05) is 0 Å². The number of carbonyl (C=O) groups is 1. The molecular weight excluding hydrogens is 160 g/mol. The Morgan fingerprint density at radius 1 is 1.55 bits per heavy atom. The number of aliphatic hydroxyl groups excluding tert-OH is 1. The second-order valence-electron chi connectivity index (χ2n) is 3.84. The topological polar surface area (TPSA) is 46.5 Å². The van der Waals surface area contributed by atoms with Gasteiger partial charge in [0.15, 0.2) is 0 Å². The van der Waals surface area contributed by atoms with E-state index in [4.69, 9.17) is 9.84 Å². The molecule has 0 aromatic rings. The van der Waals surface area contributed by atoms with E-state index in [1.165, 1.54) is 6.92 Å². The first-order valence-electron chi connectivity index (χ1n) is 3.67. The Balaban J connectivity index is 3.64. The highest BCUT2D eigenvalue weighted by molar-refractivity contribution is 6.76. The molecule has 0 aliphatic rings. The Morgan fingerprint density at radius 2 is 2.00 bits per heavy atom. The molecule has 3 nitrogen and oxygen atoms in total. The van der Waals surface area contributed by atoms with Crippen molar-refractivity contribution in [1.82, 2.24) is 0 Å². The molecule has 1 N–H and O–H groups in total. The van der Waals surface area contributed by atoms with Crippen LogP contribution in [0.25, 0.3) is 0 Å². The SMILES string of the molecule is C[C@H](O)C(=O)OC[Si](C)(C)C. The van der Waals surface area contributed by atoms with Crippen LogP contribution in [0, 0.1) is 0 Å². The zero-order chi connectivity index (χ0) is 9.07. The molecule has 0 fully saturated rings. The lowest BCUT2D eigenvalue weighted by Gasteiger charge is -2.16. The number of ether oxygens (including phenoxy) is 1. The fraction of sp³-hybridized carbons (Fsp3) is 0.857. The fourth-order valence-corrected chi connectivity index (χ4v) is 0.984. The first-order chi connectivity index (χ1) is 4.83. The Hall–Kier alpha value is -0.353. The molecule has 0 aliphatic carbocycles. The van der Waals surface area contributed by atoms with Gasteiger partial charge in [-0.3, -0.25) is 0 Å². The van der Waals surface area contributed by atoms with Crippen LogP contribution in [0.2, 0.25) is 19.6 Å². The molecule has 66 valence electrons. The van der Waals surface area contributed by atoms with Crippen molar-refractivity contribution < 1.29 is 14.6 Å². The van der Waals surface area contributed by atoms with E-state index in [0.29, 0.717) is 6.23 Å². The zero-order valence-electron chi connectivity index (χ0n) is 7.55. The lowest BCUT2D eigenvalue weighted by molar-refractivity contribution is -0.150. The van der Waals surface area contributed by atoms with Crippen molar-refractivity contribution in [2.45, 2.75) is 32.7 Å². The van der Waals surface area contributed by atoms with Gasteiger partial charge in [0.05, 0.1) is 14.3 Å². The van der Waals surface area contributed by atoms with Crippen molar-refractivity contribution in [2.24, 2.45) is 0 Å². The molecule has 0 radical (unpaired) electrons. The highest BCUT2D eigenvalue weighted by Crippen LogP contribution is 2.01. The van der Waals surface area contributed by atoms with Gasteiger partial charge in [-0.25, -0.2) is 4.79 Å². The lowest BCUT2D eigenvalue weighted by atomic mass is 10.4. The third-order valence-corrected chi connectivity index (χ3v) is 2.00. The number of hydrogen-bond donors (Lipinski definition) is 1. The van der Waals surface area contributed by atoms with E-state index in [9.17, 15) is 4.79 Å². The van der Waals surface area contributed by atoms with Crippen LogP contribution < -0.4 is 0 Å². The molecule has 0 aromatic heterocycles. The van der Waals surface area contributed by atoms with Gasteiger partial charge in [0.2, 0.25) is 0 Å². The maximum Gasteiger partial charge on any atom is 0.334 e. The maximum atomic E-state index is 10.7. The van der Waals surface area contributed by atoms with Crippen LogP contribution in [-0.2, 0) is 9.53 Å². The predicted octanol–water partition coefficient (Wildman–Crippen LogP) is 0.788. The number of hydrogen-bond acceptors (Lipinski definition) is 3. The molecule has 0 rings (SSSR count). The largest absolute Gasteiger partial charge is 0.468 e. The Morgan fingerprint density at radius 3 is 2.27 bits per heavy atom. The number of carbonyl (C=O) groups excluding carboxylic acids is 1. The molecule has 0 spiro atoms. The molecule has 0 saturated carbocycles. The zero-order valence-corrected chi connectivity index (χ0v) is 8.55. The summed E-state index contributed by atoms with van der Waals surface area (Å²) in [4.78, 5) is 10.7. The van der Waals surface area contributed by atoms with Crippen molar-refractivity contribution in [2.75, 3.05) is 6.23 Å². The molecule has 0 heterocycles. The summed E-state index contributed by atoms with van der Waals surface area (Å²) in [6.45, 7) is 7.71. The molecule has 1 atom stereocenters. The van der Waals surface area contributed by atoms with Gasteiger partial charge in [0.25, 0.3) is 0 Å². The highest BCUT2D eigenvalue weighted by Gasteiger charge is 2.18. The first kappa shape index (κ1) is 10.6. The average Bonchev–Trinajstić information content (AvgIpc) is 1.80. The second kappa shape index (κ2) is 3.87. The fourth-order valence-electron chi connectivity index (χ4n) is 0.408. The summed E-state index contributed by atoms with van der Waals surface area (Å²) in [6.07, 6.45) is -0.511. The lowest BCUT2D eigenvalue weighted by Crippen LogP contribution is -2.32. The van der Waals surface area contributed by atoms with Crippen LogP contribution in [0.5, 0.6) is 0 Å². The van der Waals surface area contributed by atoms with Crippen LogP contribution >= 0.6 is 0 Å². The number of aliphatic hydroxyl groups is 1. The molecule has 0 aliphatic heterocycles. The maximum absolute atomic E-state index is 10.7. The summed E-state index contributed by atoms with van der Waals surface area (Å²) in [6, 6.07) is 0. The van der Waals surface area contributed by atoms with E-state index in [0.717, 1.165) is 0 Å². The van der Waals surface area contributed by atoms with Crippen LogP contribution in [0.1, 0.15) is 6.92 Å².